The van der Waals surface area contributed by atoms with Gasteiger partial charge in [0, 0.05) is 5.02 Å². The number of ether oxygens (including phenoxy) is 1. The number of benzene rings is 2. The van der Waals surface area contributed by atoms with Gasteiger partial charge in [-0.2, -0.15) is 5.10 Å². The molecular formula is C18H20ClN3O4S. The minimum Gasteiger partial charge on any atom is -0.497 e. The van der Waals surface area contributed by atoms with E-state index in [1.54, 1.807) is 48.5 Å². The molecule has 0 spiro atoms. The average Bonchev–Trinajstić information content (AvgIpc) is 2.66. The van der Waals surface area contributed by atoms with Crippen LogP contribution in [-0.2, 0) is 14.8 Å². The van der Waals surface area contributed by atoms with Crippen molar-refractivity contribution in [2.75, 3.05) is 23.7 Å². The molecule has 0 aliphatic rings. The Balaban J connectivity index is 2.11. The van der Waals surface area contributed by atoms with Gasteiger partial charge in [-0.25, -0.2) is 13.8 Å². The molecule has 0 aliphatic heterocycles. The first-order valence-corrected chi connectivity index (χ1v) is 10.1. The predicted octanol–water partition coefficient (Wildman–Crippen LogP) is 2.66. The lowest BCUT2D eigenvalue weighted by Gasteiger charge is -2.23. The van der Waals surface area contributed by atoms with Crippen LogP contribution in [0.5, 0.6) is 5.75 Å². The van der Waals surface area contributed by atoms with E-state index in [0.29, 0.717) is 22.0 Å². The van der Waals surface area contributed by atoms with Crippen LogP contribution in [0.4, 0.5) is 5.69 Å². The number of carbonyl (C=O) groups is 1. The molecule has 0 aromatic heterocycles. The lowest BCUT2D eigenvalue weighted by atomic mass is 10.2. The van der Waals surface area contributed by atoms with Gasteiger partial charge < -0.3 is 4.74 Å². The molecule has 2 aromatic carbocycles. The van der Waals surface area contributed by atoms with Crippen LogP contribution in [0.3, 0.4) is 0 Å². The molecule has 0 radical (unpaired) electrons. The summed E-state index contributed by atoms with van der Waals surface area (Å²) in [7, 11) is -2.13. The van der Waals surface area contributed by atoms with E-state index >= 15 is 0 Å². The molecule has 0 unspecified atom stereocenters. The molecule has 2 rings (SSSR count). The van der Waals surface area contributed by atoms with Crippen molar-refractivity contribution >= 4 is 39.4 Å². The highest BCUT2D eigenvalue weighted by molar-refractivity contribution is 7.92. The Morgan fingerprint density at radius 3 is 2.56 bits per heavy atom. The molecule has 0 aliphatic carbocycles. The number of hydrazone groups is 1. The van der Waals surface area contributed by atoms with E-state index in [0.717, 1.165) is 4.31 Å². The Morgan fingerprint density at radius 2 is 1.96 bits per heavy atom. The van der Waals surface area contributed by atoms with Gasteiger partial charge in [0.05, 0.1) is 24.8 Å². The van der Waals surface area contributed by atoms with Crippen LogP contribution in [0, 0.1) is 0 Å². The second-order valence-electron chi connectivity index (χ2n) is 5.45. The van der Waals surface area contributed by atoms with Crippen molar-refractivity contribution in [2.45, 2.75) is 6.92 Å². The summed E-state index contributed by atoms with van der Waals surface area (Å²) in [6.45, 7) is 1.12. The molecular weight excluding hydrogens is 390 g/mol. The fourth-order valence-corrected chi connectivity index (χ4v) is 3.45. The lowest BCUT2D eigenvalue weighted by Crippen LogP contribution is -2.40. The van der Waals surface area contributed by atoms with Crippen LogP contribution in [0.25, 0.3) is 0 Å². The molecule has 7 nitrogen and oxygen atoms in total. The van der Waals surface area contributed by atoms with Crippen LogP contribution >= 0.6 is 11.6 Å². The fraction of sp³-hybridized carbons (Fsp3) is 0.222. The molecule has 144 valence electrons. The second-order valence-corrected chi connectivity index (χ2v) is 8.07. The maximum Gasteiger partial charge on any atom is 0.260 e. The van der Waals surface area contributed by atoms with E-state index in [4.69, 9.17) is 16.3 Å². The summed E-state index contributed by atoms with van der Waals surface area (Å²) in [5.41, 5.74) is 3.40. The number of anilines is 1. The highest BCUT2D eigenvalue weighted by Gasteiger charge is 2.23. The third-order valence-corrected chi connectivity index (χ3v) is 5.58. The number of nitrogens with zero attached hydrogens (tertiary/aromatic N) is 2. The van der Waals surface area contributed by atoms with Gasteiger partial charge in [-0.15, -0.1) is 0 Å². The zero-order valence-electron chi connectivity index (χ0n) is 14.9. The number of hydrogen-bond acceptors (Lipinski definition) is 5. The number of hydrogen-bond donors (Lipinski definition) is 1. The SMILES string of the molecule is CCS(=O)(=O)N(CC(=O)N/N=C\c1cccc(Cl)c1)c1ccc(OC)cc1. The number of amides is 1. The molecule has 0 atom stereocenters. The third kappa shape index (κ3) is 5.97. The standard InChI is InChI=1S/C18H20ClN3O4S/c1-3-27(24,25)22(16-7-9-17(26-2)10-8-16)13-18(23)21-20-12-14-5-4-6-15(19)11-14/h4-12H,3,13H2,1-2H3,(H,21,23)/b20-12-. The summed E-state index contributed by atoms with van der Waals surface area (Å²) in [4.78, 5) is 12.2. The molecule has 1 N–H and O–H groups in total. The summed E-state index contributed by atoms with van der Waals surface area (Å²) < 4.78 is 30.9. The van der Waals surface area contributed by atoms with E-state index < -0.39 is 22.5 Å². The van der Waals surface area contributed by atoms with Gasteiger partial charge in [-0.1, -0.05) is 23.7 Å². The smallest absolute Gasteiger partial charge is 0.260 e. The molecule has 27 heavy (non-hydrogen) atoms. The summed E-state index contributed by atoms with van der Waals surface area (Å²) in [6.07, 6.45) is 1.43. The van der Waals surface area contributed by atoms with Crippen LogP contribution in [0.15, 0.2) is 53.6 Å². The van der Waals surface area contributed by atoms with Gasteiger partial charge >= 0.3 is 0 Å². The lowest BCUT2D eigenvalue weighted by molar-refractivity contribution is -0.119. The first kappa shape index (κ1) is 20.7. The van der Waals surface area contributed by atoms with Crippen molar-refractivity contribution in [3.05, 3.63) is 59.1 Å². The van der Waals surface area contributed by atoms with E-state index in [9.17, 15) is 13.2 Å². The Bertz CT molecular complexity index is 914. The maximum atomic E-state index is 12.4. The van der Waals surface area contributed by atoms with Crippen molar-refractivity contribution in [1.29, 1.82) is 0 Å². The number of halogens is 1. The van der Waals surface area contributed by atoms with Crippen LogP contribution in [0.2, 0.25) is 5.02 Å². The summed E-state index contributed by atoms with van der Waals surface area (Å²) in [5.74, 6) is -0.123. The summed E-state index contributed by atoms with van der Waals surface area (Å²) in [5, 5.41) is 4.39. The van der Waals surface area contributed by atoms with Crippen molar-refractivity contribution in [3.63, 3.8) is 0 Å². The molecule has 0 saturated heterocycles. The summed E-state index contributed by atoms with van der Waals surface area (Å²) >= 11 is 5.88. The Kier molecular flexibility index (Phi) is 7.20. The Labute approximate surface area is 163 Å². The minimum atomic E-state index is -3.65. The number of nitrogens with one attached hydrogen (secondary N) is 1. The van der Waals surface area contributed by atoms with Crippen molar-refractivity contribution < 1.29 is 17.9 Å². The molecule has 0 saturated carbocycles. The van der Waals surface area contributed by atoms with Crippen LogP contribution in [0.1, 0.15) is 12.5 Å². The quantitative estimate of drug-likeness (QED) is 0.536. The normalized spacial score (nSPS) is 11.4. The van der Waals surface area contributed by atoms with E-state index in [2.05, 4.69) is 10.5 Å². The van der Waals surface area contributed by atoms with Crippen LogP contribution in [-0.4, -0.2) is 39.9 Å². The monoisotopic (exact) mass is 409 g/mol. The van der Waals surface area contributed by atoms with Gasteiger partial charge in [0.1, 0.15) is 12.3 Å². The molecule has 0 heterocycles. The number of carbonyl (C=O) groups excluding carboxylic acids is 1. The molecule has 1 amide bonds. The summed E-state index contributed by atoms with van der Waals surface area (Å²) in [6, 6.07) is 13.3. The highest BCUT2D eigenvalue weighted by atomic mass is 35.5. The maximum absolute atomic E-state index is 12.4. The number of methoxy groups -OCH3 is 1. The van der Waals surface area contributed by atoms with Gasteiger partial charge in [0.15, 0.2) is 0 Å². The van der Waals surface area contributed by atoms with Gasteiger partial charge in [0.25, 0.3) is 5.91 Å². The average molecular weight is 410 g/mol. The third-order valence-electron chi connectivity index (χ3n) is 3.60. The fourth-order valence-electron chi connectivity index (χ4n) is 2.19. The zero-order valence-corrected chi connectivity index (χ0v) is 16.5. The minimum absolute atomic E-state index is 0.141. The predicted molar refractivity (Wildman–Crippen MR) is 107 cm³/mol. The van der Waals surface area contributed by atoms with Gasteiger partial charge in [-0.3, -0.25) is 9.10 Å². The second kappa shape index (κ2) is 9.38. The topological polar surface area (TPSA) is 88.1 Å². The number of sulfonamides is 1. The first-order valence-electron chi connectivity index (χ1n) is 8.07. The van der Waals surface area contributed by atoms with E-state index in [-0.39, 0.29) is 5.75 Å². The van der Waals surface area contributed by atoms with E-state index in [1.807, 2.05) is 0 Å². The van der Waals surface area contributed by atoms with Gasteiger partial charge in [-0.05, 0) is 48.9 Å². The van der Waals surface area contributed by atoms with E-state index in [1.165, 1.54) is 20.2 Å². The molecule has 2 aromatic rings. The molecule has 0 bridgehead atoms. The van der Waals surface area contributed by atoms with Crippen molar-refractivity contribution in [1.82, 2.24) is 5.43 Å². The van der Waals surface area contributed by atoms with Crippen molar-refractivity contribution in [2.24, 2.45) is 5.10 Å². The highest BCUT2D eigenvalue weighted by Crippen LogP contribution is 2.22. The first-order chi connectivity index (χ1) is 12.9. The van der Waals surface area contributed by atoms with Crippen molar-refractivity contribution in [3.8, 4) is 5.75 Å². The number of rotatable bonds is 8. The molecule has 9 heteroatoms. The largest absolute Gasteiger partial charge is 0.497 e. The van der Waals surface area contributed by atoms with Gasteiger partial charge in [0.2, 0.25) is 10.0 Å². The zero-order chi connectivity index (χ0) is 19.9. The Hall–Kier alpha value is -2.58. The van der Waals surface area contributed by atoms with Crippen LogP contribution < -0.4 is 14.5 Å². The molecule has 0 fully saturated rings. The Morgan fingerprint density at radius 1 is 1.26 bits per heavy atom.